The van der Waals surface area contributed by atoms with Gasteiger partial charge in [0.2, 0.25) is 5.91 Å². The Labute approximate surface area is 156 Å². The maximum atomic E-state index is 12.0. The number of rotatable bonds is 5. The van der Waals surface area contributed by atoms with Gasteiger partial charge in [0.15, 0.2) is 0 Å². The first-order valence-electron chi connectivity index (χ1n) is 7.60. The van der Waals surface area contributed by atoms with Gasteiger partial charge >= 0.3 is 0 Å². The Bertz CT molecular complexity index is 479. The predicted molar refractivity (Wildman–Crippen MR) is 101 cm³/mol. The first kappa shape index (κ1) is 22.5. The van der Waals surface area contributed by atoms with Gasteiger partial charge < -0.3 is 10.6 Å². The Balaban J connectivity index is 0.00000242. The average Bonchev–Trinajstić information content (AvgIpc) is 2.52. The van der Waals surface area contributed by atoms with Crippen LogP contribution in [0.1, 0.15) is 31.4 Å². The molecule has 0 spiro atoms. The first-order valence-corrected chi connectivity index (χ1v) is 7.97. The van der Waals surface area contributed by atoms with E-state index in [4.69, 9.17) is 17.3 Å². The fraction of sp³-hybridized carbons (Fsp3) is 0.562. The molecule has 23 heavy (non-hydrogen) atoms. The average molecular weight is 383 g/mol. The number of nitrogens with two attached hydrogens (primary N) is 1. The van der Waals surface area contributed by atoms with Crippen molar-refractivity contribution < 1.29 is 4.79 Å². The second-order valence-electron chi connectivity index (χ2n) is 5.51. The summed E-state index contributed by atoms with van der Waals surface area (Å²) in [6.45, 7) is 6.11. The van der Waals surface area contributed by atoms with Gasteiger partial charge in [-0.1, -0.05) is 29.8 Å². The van der Waals surface area contributed by atoms with Crippen molar-refractivity contribution in [1.29, 1.82) is 0 Å². The number of carbonyl (C=O) groups excluding carboxylic acids is 1. The van der Waals surface area contributed by atoms with Crippen LogP contribution in [0.25, 0.3) is 0 Å². The zero-order valence-electron chi connectivity index (χ0n) is 13.4. The lowest BCUT2D eigenvalue weighted by Crippen LogP contribution is -2.49. The van der Waals surface area contributed by atoms with Crippen molar-refractivity contribution in [2.45, 2.75) is 25.8 Å². The lowest BCUT2D eigenvalue weighted by atomic mass is 10.1. The summed E-state index contributed by atoms with van der Waals surface area (Å²) in [6.07, 6.45) is 1.34. The molecule has 0 aliphatic carbocycles. The third-order valence-corrected chi connectivity index (χ3v) is 4.51. The topological polar surface area (TPSA) is 49.6 Å². The van der Waals surface area contributed by atoms with Crippen LogP contribution in [0.3, 0.4) is 0 Å². The molecule has 1 aliphatic heterocycles. The van der Waals surface area contributed by atoms with Crippen LogP contribution in [0.4, 0.5) is 0 Å². The van der Waals surface area contributed by atoms with Crippen molar-refractivity contribution in [2.75, 3.05) is 32.7 Å². The van der Waals surface area contributed by atoms with Crippen LogP contribution in [-0.4, -0.2) is 48.4 Å². The van der Waals surface area contributed by atoms with E-state index in [9.17, 15) is 4.79 Å². The van der Waals surface area contributed by atoms with Crippen LogP contribution in [0.15, 0.2) is 24.3 Å². The zero-order valence-corrected chi connectivity index (χ0v) is 15.8. The summed E-state index contributed by atoms with van der Waals surface area (Å²) in [4.78, 5) is 16.3. The Morgan fingerprint density at radius 2 is 1.83 bits per heavy atom. The first-order chi connectivity index (χ1) is 10.1. The number of halogens is 3. The fourth-order valence-electron chi connectivity index (χ4n) is 2.78. The van der Waals surface area contributed by atoms with E-state index in [-0.39, 0.29) is 36.8 Å². The Morgan fingerprint density at radius 3 is 2.39 bits per heavy atom. The molecule has 1 saturated heterocycles. The van der Waals surface area contributed by atoms with Gasteiger partial charge in [0.25, 0.3) is 0 Å². The third-order valence-electron chi connectivity index (χ3n) is 4.16. The maximum absolute atomic E-state index is 12.0. The van der Waals surface area contributed by atoms with Crippen LogP contribution in [0, 0.1) is 0 Å². The summed E-state index contributed by atoms with van der Waals surface area (Å²) < 4.78 is 0. The van der Waals surface area contributed by atoms with E-state index in [1.54, 1.807) is 0 Å². The second-order valence-corrected chi connectivity index (χ2v) is 5.91. The number of hydrogen-bond donors (Lipinski definition) is 1. The summed E-state index contributed by atoms with van der Waals surface area (Å²) in [5.41, 5.74) is 6.61. The van der Waals surface area contributed by atoms with Gasteiger partial charge in [-0.25, -0.2) is 0 Å². The van der Waals surface area contributed by atoms with Crippen molar-refractivity contribution in [1.82, 2.24) is 9.80 Å². The smallest absolute Gasteiger partial charge is 0.222 e. The highest BCUT2D eigenvalue weighted by Gasteiger charge is 2.25. The number of amides is 1. The molecule has 1 aliphatic rings. The third kappa shape index (κ3) is 6.12. The van der Waals surface area contributed by atoms with Gasteiger partial charge in [-0.15, -0.1) is 24.8 Å². The molecule has 1 fully saturated rings. The number of carbonyl (C=O) groups is 1. The van der Waals surface area contributed by atoms with E-state index in [0.29, 0.717) is 13.0 Å². The van der Waals surface area contributed by atoms with Crippen molar-refractivity contribution >= 4 is 42.3 Å². The van der Waals surface area contributed by atoms with E-state index in [2.05, 4.69) is 17.9 Å². The summed E-state index contributed by atoms with van der Waals surface area (Å²) in [5, 5.41) is 0.812. The van der Waals surface area contributed by atoms with E-state index < -0.39 is 0 Å². The van der Waals surface area contributed by atoms with Gasteiger partial charge in [-0.2, -0.15) is 0 Å². The zero-order chi connectivity index (χ0) is 15.2. The van der Waals surface area contributed by atoms with Crippen LogP contribution in [0.2, 0.25) is 5.02 Å². The second kappa shape index (κ2) is 11.1. The number of benzene rings is 1. The molecule has 1 unspecified atom stereocenters. The molecule has 1 aromatic rings. The molecule has 0 radical (unpaired) electrons. The summed E-state index contributed by atoms with van der Waals surface area (Å²) in [6, 6.07) is 8.25. The van der Waals surface area contributed by atoms with E-state index in [1.165, 1.54) is 0 Å². The van der Waals surface area contributed by atoms with Gasteiger partial charge in [0.05, 0.1) is 0 Å². The van der Waals surface area contributed by atoms with Gasteiger partial charge in [0.1, 0.15) is 0 Å². The summed E-state index contributed by atoms with van der Waals surface area (Å²) >= 11 is 6.27. The predicted octanol–water partition coefficient (Wildman–Crippen LogP) is 3.13. The van der Waals surface area contributed by atoms with Crippen molar-refractivity contribution in [2.24, 2.45) is 5.73 Å². The van der Waals surface area contributed by atoms with Gasteiger partial charge in [0, 0.05) is 43.7 Å². The molecule has 1 amide bonds. The highest BCUT2D eigenvalue weighted by atomic mass is 35.5. The SMILES string of the molecule is CC(c1ccccc1Cl)N1CCN(C(=O)CCCN)CC1.Cl.Cl. The summed E-state index contributed by atoms with van der Waals surface area (Å²) in [5.74, 6) is 0.227. The number of hydrogen-bond acceptors (Lipinski definition) is 3. The van der Waals surface area contributed by atoms with Gasteiger partial charge in [-0.05, 0) is 31.5 Å². The Hall–Kier alpha value is -0.520. The molecule has 4 nitrogen and oxygen atoms in total. The Morgan fingerprint density at radius 1 is 1.22 bits per heavy atom. The summed E-state index contributed by atoms with van der Waals surface area (Å²) in [7, 11) is 0. The molecular formula is C16H26Cl3N3O. The normalized spacial score (nSPS) is 16.2. The highest BCUT2D eigenvalue weighted by molar-refractivity contribution is 6.31. The highest BCUT2D eigenvalue weighted by Crippen LogP contribution is 2.27. The van der Waals surface area contributed by atoms with Crippen LogP contribution < -0.4 is 5.73 Å². The molecule has 0 saturated carbocycles. The van der Waals surface area contributed by atoms with E-state index in [1.807, 2.05) is 23.1 Å². The molecule has 2 rings (SSSR count). The lowest BCUT2D eigenvalue weighted by Gasteiger charge is -2.38. The molecule has 132 valence electrons. The minimum atomic E-state index is 0. The number of piperazine rings is 1. The van der Waals surface area contributed by atoms with Gasteiger partial charge in [-0.3, -0.25) is 9.69 Å². The molecule has 1 atom stereocenters. The minimum Gasteiger partial charge on any atom is -0.340 e. The van der Waals surface area contributed by atoms with Crippen molar-refractivity contribution in [3.63, 3.8) is 0 Å². The molecule has 0 aromatic heterocycles. The van der Waals surface area contributed by atoms with E-state index in [0.717, 1.165) is 43.2 Å². The van der Waals surface area contributed by atoms with Crippen LogP contribution in [-0.2, 0) is 4.79 Å². The molecule has 7 heteroatoms. The largest absolute Gasteiger partial charge is 0.340 e. The van der Waals surface area contributed by atoms with E-state index >= 15 is 0 Å². The Kier molecular flexibility index (Phi) is 10.9. The molecule has 2 N–H and O–H groups in total. The van der Waals surface area contributed by atoms with Crippen LogP contribution >= 0.6 is 36.4 Å². The lowest BCUT2D eigenvalue weighted by molar-refractivity contribution is -0.133. The molecular weight excluding hydrogens is 357 g/mol. The standard InChI is InChI=1S/C16H24ClN3O.2ClH/c1-13(14-5-2-3-6-15(14)17)19-9-11-20(12-10-19)16(21)7-4-8-18;;/h2-3,5-6,13H,4,7-12,18H2,1H3;2*1H. The van der Waals surface area contributed by atoms with Crippen LogP contribution in [0.5, 0.6) is 0 Å². The molecule has 0 bridgehead atoms. The molecule has 1 aromatic carbocycles. The van der Waals surface area contributed by atoms with Crippen molar-refractivity contribution in [3.05, 3.63) is 34.9 Å². The van der Waals surface area contributed by atoms with Crippen molar-refractivity contribution in [3.8, 4) is 0 Å². The molecule has 1 heterocycles. The quantitative estimate of drug-likeness (QED) is 0.851. The monoisotopic (exact) mass is 381 g/mol. The maximum Gasteiger partial charge on any atom is 0.222 e. The fourth-order valence-corrected chi connectivity index (χ4v) is 3.07. The minimum absolute atomic E-state index is 0. The number of nitrogens with zero attached hydrogens (tertiary/aromatic N) is 2.